The molecule has 0 fully saturated rings. The molecule has 0 radical (unpaired) electrons. The van der Waals surface area contributed by atoms with Gasteiger partial charge in [-0.1, -0.05) is 0 Å². The molecule has 1 aromatic heterocycles. The Bertz CT molecular complexity index is 545. The molecule has 0 saturated carbocycles. The monoisotopic (exact) mass is 316 g/mol. The van der Waals surface area contributed by atoms with Crippen molar-refractivity contribution < 1.29 is 19.2 Å². The van der Waals surface area contributed by atoms with E-state index in [1.807, 2.05) is 0 Å². The van der Waals surface area contributed by atoms with Crippen molar-refractivity contribution in [3.8, 4) is 0 Å². The minimum atomic E-state index is -0.843. The fraction of sp³-hybridized carbons (Fsp3) is 0.545. The minimum absolute atomic E-state index is 0.0687. The Morgan fingerprint density at radius 3 is 2.81 bits per heavy atom. The molecule has 0 aliphatic heterocycles. The van der Waals surface area contributed by atoms with Gasteiger partial charge in [0.05, 0.1) is 0 Å². The Labute approximate surface area is 126 Å². The van der Waals surface area contributed by atoms with E-state index in [1.165, 1.54) is 11.5 Å². The molecule has 1 atom stereocenters. The topological polar surface area (TPSA) is 116 Å². The van der Waals surface area contributed by atoms with Crippen LogP contribution in [-0.4, -0.2) is 44.8 Å². The van der Waals surface area contributed by atoms with Gasteiger partial charge in [0.2, 0.25) is 5.91 Å². The van der Waals surface area contributed by atoms with Gasteiger partial charge >= 0.3 is 11.8 Å². The second-order valence-corrected chi connectivity index (χ2v) is 4.54. The molecule has 1 rings (SSSR count). The van der Waals surface area contributed by atoms with E-state index in [1.54, 1.807) is 6.92 Å². The molecule has 1 aromatic rings. The number of aromatic nitrogens is 2. The first-order chi connectivity index (χ1) is 9.86. The number of esters is 1. The van der Waals surface area contributed by atoms with Gasteiger partial charge in [-0.05, 0) is 4.92 Å². The van der Waals surface area contributed by atoms with Gasteiger partial charge in [-0.3, -0.25) is 4.79 Å². The third kappa shape index (κ3) is 4.74. The average Bonchev–Trinajstić information content (AvgIpc) is 2.77. The lowest BCUT2D eigenvalue weighted by Crippen LogP contribution is -2.42. The Kier molecular flexibility index (Phi) is 6.15. The van der Waals surface area contributed by atoms with Crippen molar-refractivity contribution in [3.05, 3.63) is 22.1 Å². The van der Waals surface area contributed by atoms with Gasteiger partial charge in [-0.15, -0.1) is 0 Å². The van der Waals surface area contributed by atoms with Crippen LogP contribution in [0.3, 0.4) is 0 Å². The van der Waals surface area contributed by atoms with Crippen LogP contribution < -0.4 is 5.32 Å². The van der Waals surface area contributed by atoms with Crippen molar-refractivity contribution in [2.24, 2.45) is 0 Å². The number of carbonyl (C=O) groups excluding carboxylic acids is 2. The van der Waals surface area contributed by atoms with E-state index in [0.29, 0.717) is 5.82 Å². The van der Waals surface area contributed by atoms with E-state index < -0.39 is 16.9 Å². The zero-order valence-electron chi connectivity index (χ0n) is 11.6. The van der Waals surface area contributed by atoms with Crippen LogP contribution in [0.2, 0.25) is 0 Å². The highest BCUT2D eigenvalue weighted by atomic mass is 32.1. The molecule has 0 spiro atoms. The summed E-state index contributed by atoms with van der Waals surface area (Å²) >= 11 is 3.95. The number of nitro groups is 1. The average molecular weight is 316 g/mol. The molecule has 10 heteroatoms. The third-order valence-corrected chi connectivity index (χ3v) is 2.99. The quantitative estimate of drug-likeness (QED) is 0.318. The van der Waals surface area contributed by atoms with E-state index in [-0.39, 0.29) is 30.6 Å². The highest BCUT2D eigenvalue weighted by Gasteiger charge is 2.21. The van der Waals surface area contributed by atoms with Crippen molar-refractivity contribution in [2.45, 2.75) is 26.4 Å². The van der Waals surface area contributed by atoms with Crippen molar-refractivity contribution >= 4 is 30.3 Å². The molecule has 0 aliphatic carbocycles. The smallest absolute Gasteiger partial charge is 0.342 e. The lowest BCUT2D eigenvalue weighted by molar-refractivity contribution is -0.392. The summed E-state index contributed by atoms with van der Waals surface area (Å²) in [6, 6.07) is -0.843. The maximum absolute atomic E-state index is 11.7. The van der Waals surface area contributed by atoms with Gasteiger partial charge in [0, 0.05) is 19.6 Å². The van der Waals surface area contributed by atoms with Crippen LogP contribution in [0.4, 0.5) is 5.82 Å². The Morgan fingerprint density at radius 1 is 1.62 bits per heavy atom. The van der Waals surface area contributed by atoms with Crippen molar-refractivity contribution in [2.75, 3.05) is 12.4 Å². The predicted octanol–water partition coefficient (Wildman–Crippen LogP) is 0.0774. The van der Waals surface area contributed by atoms with E-state index >= 15 is 0 Å². The number of rotatable bonds is 7. The molecular weight excluding hydrogens is 300 g/mol. The van der Waals surface area contributed by atoms with Gasteiger partial charge in [0.25, 0.3) is 0 Å². The van der Waals surface area contributed by atoms with Crippen molar-refractivity contribution in [1.29, 1.82) is 0 Å². The van der Waals surface area contributed by atoms with Crippen LogP contribution in [-0.2, 0) is 20.9 Å². The summed E-state index contributed by atoms with van der Waals surface area (Å²) in [5.74, 6) is -0.628. The number of amides is 1. The second-order valence-electron chi connectivity index (χ2n) is 4.18. The molecule has 0 aromatic carbocycles. The normalized spacial score (nSPS) is 11.8. The maximum atomic E-state index is 11.7. The number of thiol groups is 1. The van der Waals surface area contributed by atoms with Gasteiger partial charge in [-0.25, -0.2) is 14.3 Å². The van der Waals surface area contributed by atoms with E-state index in [2.05, 4.69) is 22.9 Å². The first-order valence-corrected chi connectivity index (χ1v) is 6.71. The van der Waals surface area contributed by atoms with Crippen LogP contribution in [0.5, 0.6) is 0 Å². The Morgan fingerprint density at radius 2 is 2.29 bits per heavy atom. The molecule has 21 heavy (non-hydrogen) atoms. The van der Waals surface area contributed by atoms with Gasteiger partial charge in [-0.2, -0.15) is 12.6 Å². The van der Waals surface area contributed by atoms with Crippen molar-refractivity contribution in [3.63, 3.8) is 0 Å². The number of hydrogen-bond donors (Lipinski definition) is 2. The van der Waals surface area contributed by atoms with E-state index in [4.69, 9.17) is 4.74 Å². The number of hydrogen-bond acceptors (Lipinski definition) is 7. The zero-order chi connectivity index (χ0) is 16.0. The number of carbonyl (C=O) groups is 2. The third-order valence-electron chi connectivity index (χ3n) is 2.62. The van der Waals surface area contributed by atoms with Crippen LogP contribution in [0.15, 0.2) is 6.20 Å². The molecule has 0 bridgehead atoms. The summed E-state index contributed by atoms with van der Waals surface area (Å²) < 4.78 is 6.32. The van der Waals surface area contributed by atoms with Crippen molar-refractivity contribution in [1.82, 2.24) is 14.9 Å². The molecular formula is C11H16N4O5S. The summed E-state index contributed by atoms with van der Waals surface area (Å²) in [5.41, 5.74) is 0. The summed E-state index contributed by atoms with van der Waals surface area (Å²) in [5, 5.41) is 13.2. The van der Waals surface area contributed by atoms with Crippen LogP contribution in [0.1, 0.15) is 12.7 Å². The number of nitrogens with one attached hydrogen (secondary N) is 1. The maximum Gasteiger partial charge on any atom is 0.342 e. The number of nitrogens with zero attached hydrogens (tertiary/aromatic N) is 3. The SMILES string of the molecule is CC(=O)N[C@@H](CS)C(=O)OCCn1c([N+](=O)[O-])cnc1C. The highest BCUT2D eigenvalue weighted by molar-refractivity contribution is 7.80. The molecule has 1 heterocycles. The van der Waals surface area contributed by atoms with Crippen LogP contribution >= 0.6 is 12.6 Å². The van der Waals surface area contributed by atoms with Gasteiger partial charge in [0.1, 0.15) is 25.4 Å². The summed E-state index contributed by atoms with van der Waals surface area (Å²) in [6.45, 7) is 2.93. The Balaban J connectivity index is 2.57. The highest BCUT2D eigenvalue weighted by Crippen LogP contribution is 2.13. The van der Waals surface area contributed by atoms with E-state index in [0.717, 1.165) is 6.20 Å². The molecule has 1 amide bonds. The number of imidazole rings is 1. The first-order valence-electron chi connectivity index (χ1n) is 6.08. The zero-order valence-corrected chi connectivity index (χ0v) is 12.5. The second kappa shape index (κ2) is 7.62. The number of ether oxygens (including phenoxy) is 1. The van der Waals surface area contributed by atoms with Gasteiger partial charge in [0.15, 0.2) is 5.82 Å². The predicted molar refractivity (Wildman–Crippen MR) is 76.0 cm³/mol. The molecule has 0 aliphatic rings. The van der Waals surface area contributed by atoms with Crippen LogP contribution in [0.25, 0.3) is 0 Å². The van der Waals surface area contributed by atoms with Gasteiger partial charge < -0.3 is 20.2 Å². The molecule has 116 valence electrons. The minimum Gasteiger partial charge on any atom is -0.460 e. The largest absolute Gasteiger partial charge is 0.460 e. The molecule has 1 N–H and O–H groups in total. The standard InChI is InChI=1S/C11H16N4O5S/c1-7-12-5-10(15(18)19)14(7)3-4-20-11(17)9(6-21)13-8(2)16/h5,9,21H,3-4,6H2,1-2H3,(H,13,16)/t9-/m0/s1. The fourth-order valence-corrected chi connectivity index (χ4v) is 1.88. The molecule has 0 unspecified atom stereocenters. The first kappa shape index (κ1) is 17.0. The van der Waals surface area contributed by atoms with Crippen LogP contribution in [0, 0.1) is 17.0 Å². The lowest BCUT2D eigenvalue weighted by Gasteiger charge is -2.14. The van der Waals surface area contributed by atoms with E-state index in [9.17, 15) is 19.7 Å². The Hall–Kier alpha value is -2.10. The summed E-state index contributed by atoms with van der Waals surface area (Å²) in [7, 11) is 0. The lowest BCUT2D eigenvalue weighted by atomic mass is 10.3. The summed E-state index contributed by atoms with van der Waals surface area (Å²) in [6.07, 6.45) is 1.14. The summed E-state index contributed by atoms with van der Waals surface area (Å²) in [4.78, 5) is 36.7. The molecule has 9 nitrogen and oxygen atoms in total. The molecule has 0 saturated heterocycles. The fourth-order valence-electron chi connectivity index (χ4n) is 1.64. The number of aryl methyl sites for hydroxylation is 1.